The summed E-state index contributed by atoms with van der Waals surface area (Å²) in [7, 11) is 0. The Bertz CT molecular complexity index is 1140. The third-order valence-corrected chi connectivity index (χ3v) is 6.52. The van der Waals surface area contributed by atoms with Crippen LogP contribution in [0.5, 0.6) is 0 Å². The molecule has 4 aromatic rings. The van der Waals surface area contributed by atoms with Gasteiger partial charge in [0.15, 0.2) is 0 Å². The van der Waals surface area contributed by atoms with Crippen LogP contribution in [-0.2, 0) is 0 Å². The predicted molar refractivity (Wildman–Crippen MR) is 127 cm³/mol. The van der Waals surface area contributed by atoms with Gasteiger partial charge in [0.25, 0.3) is 0 Å². The first-order valence-electron chi connectivity index (χ1n) is 9.80. The van der Waals surface area contributed by atoms with Crippen molar-refractivity contribution in [3.05, 3.63) is 59.5 Å². The van der Waals surface area contributed by atoms with Crippen LogP contribution in [0.1, 0.15) is 18.7 Å². The SMILES string of the molecule is CCN(CC)c1ccc(N=Nc2ccc(N=Nc3nc4sc(C)cc4s3)cc2)cc1. The van der Waals surface area contributed by atoms with Crippen molar-refractivity contribution in [3.63, 3.8) is 0 Å². The van der Waals surface area contributed by atoms with Crippen LogP contribution < -0.4 is 4.90 Å². The van der Waals surface area contributed by atoms with Crippen molar-refractivity contribution in [1.82, 2.24) is 4.98 Å². The molecule has 0 aliphatic rings. The zero-order valence-corrected chi connectivity index (χ0v) is 18.7. The van der Waals surface area contributed by atoms with E-state index in [0.29, 0.717) is 5.13 Å². The number of aryl methyl sites for hydroxylation is 1. The molecule has 0 bridgehead atoms. The molecule has 6 nitrogen and oxygen atoms in total. The van der Waals surface area contributed by atoms with Gasteiger partial charge in [-0.2, -0.15) is 10.2 Å². The summed E-state index contributed by atoms with van der Waals surface area (Å²) in [6, 6.07) is 17.8. The lowest BCUT2D eigenvalue weighted by molar-refractivity contribution is 0.866. The second-order valence-corrected chi connectivity index (χ2v) is 8.87. The summed E-state index contributed by atoms with van der Waals surface area (Å²) in [4.78, 5) is 9.07. The fraction of sp³-hybridized carbons (Fsp3) is 0.227. The van der Waals surface area contributed by atoms with E-state index in [9.17, 15) is 0 Å². The van der Waals surface area contributed by atoms with Crippen LogP contribution in [0.4, 0.5) is 27.9 Å². The van der Waals surface area contributed by atoms with E-state index in [0.717, 1.165) is 39.7 Å². The van der Waals surface area contributed by atoms with Crippen molar-refractivity contribution < 1.29 is 0 Å². The van der Waals surface area contributed by atoms with E-state index in [1.807, 2.05) is 36.4 Å². The smallest absolute Gasteiger partial charge is 0.231 e. The molecule has 0 N–H and O–H groups in total. The van der Waals surface area contributed by atoms with E-state index in [4.69, 9.17) is 0 Å². The molecular formula is C22H22N6S2. The Morgan fingerprint density at radius 1 is 0.767 bits per heavy atom. The van der Waals surface area contributed by atoms with Gasteiger partial charge in [-0.25, -0.2) is 4.98 Å². The molecule has 0 aliphatic carbocycles. The summed E-state index contributed by atoms with van der Waals surface area (Å²) in [6.07, 6.45) is 0. The second kappa shape index (κ2) is 9.23. The van der Waals surface area contributed by atoms with E-state index < -0.39 is 0 Å². The number of anilines is 1. The van der Waals surface area contributed by atoms with Crippen LogP contribution in [0.3, 0.4) is 0 Å². The predicted octanol–water partition coefficient (Wildman–Crippen LogP) is 8.34. The molecule has 2 aromatic carbocycles. The van der Waals surface area contributed by atoms with E-state index in [2.05, 4.69) is 69.3 Å². The van der Waals surface area contributed by atoms with Gasteiger partial charge in [-0.15, -0.1) is 21.6 Å². The lowest BCUT2D eigenvalue weighted by Gasteiger charge is -2.20. The van der Waals surface area contributed by atoms with Crippen LogP contribution >= 0.6 is 22.7 Å². The van der Waals surface area contributed by atoms with Crippen LogP contribution in [0, 0.1) is 6.92 Å². The quantitative estimate of drug-likeness (QED) is 0.274. The molecule has 8 heteroatoms. The zero-order chi connectivity index (χ0) is 20.9. The van der Waals surface area contributed by atoms with Crippen molar-refractivity contribution >= 4 is 60.1 Å². The van der Waals surface area contributed by atoms with E-state index in [1.165, 1.54) is 10.6 Å². The molecule has 0 saturated heterocycles. The van der Waals surface area contributed by atoms with Crippen molar-refractivity contribution in [2.45, 2.75) is 20.8 Å². The molecule has 4 rings (SSSR count). The first-order chi connectivity index (χ1) is 14.6. The molecular weight excluding hydrogens is 412 g/mol. The fourth-order valence-electron chi connectivity index (χ4n) is 3.00. The number of nitrogens with zero attached hydrogens (tertiary/aromatic N) is 6. The number of thiophene rings is 1. The Morgan fingerprint density at radius 2 is 1.30 bits per heavy atom. The number of azo groups is 2. The molecule has 0 spiro atoms. The normalized spacial score (nSPS) is 11.8. The second-order valence-electron chi connectivity index (χ2n) is 6.63. The van der Waals surface area contributed by atoms with Crippen molar-refractivity contribution in [2.75, 3.05) is 18.0 Å². The highest BCUT2D eigenvalue weighted by molar-refractivity contribution is 7.28. The molecule has 0 saturated carbocycles. The minimum absolute atomic E-state index is 0.674. The van der Waals surface area contributed by atoms with Crippen LogP contribution in [0.25, 0.3) is 9.53 Å². The van der Waals surface area contributed by atoms with Gasteiger partial charge >= 0.3 is 0 Å². The maximum absolute atomic E-state index is 4.50. The molecule has 0 atom stereocenters. The number of hydrogen-bond donors (Lipinski definition) is 0. The number of benzene rings is 2. The summed E-state index contributed by atoms with van der Waals surface area (Å²) in [5.74, 6) is 0. The average molecular weight is 435 g/mol. The van der Waals surface area contributed by atoms with Gasteiger partial charge in [-0.3, -0.25) is 0 Å². The van der Waals surface area contributed by atoms with Crippen molar-refractivity contribution in [3.8, 4) is 0 Å². The molecule has 0 aliphatic heterocycles. The van der Waals surface area contributed by atoms with Gasteiger partial charge in [-0.1, -0.05) is 11.3 Å². The monoisotopic (exact) mass is 434 g/mol. The van der Waals surface area contributed by atoms with Crippen LogP contribution in [-0.4, -0.2) is 18.1 Å². The molecule has 2 aromatic heterocycles. The standard InChI is InChI=1S/C22H22N6S2/c1-4-28(5-2)19-12-10-18(11-13-19)25-24-16-6-8-17(9-7-16)26-27-22-23-21-20(30-22)14-15(3)29-21/h6-14H,4-5H2,1-3H3. The van der Waals surface area contributed by atoms with Gasteiger partial charge in [0.05, 0.1) is 21.8 Å². The highest BCUT2D eigenvalue weighted by Gasteiger charge is 2.06. The number of aromatic nitrogens is 1. The molecule has 152 valence electrons. The Kier molecular flexibility index (Phi) is 6.25. The Balaban J connectivity index is 1.39. The minimum atomic E-state index is 0.674. The Hall–Kier alpha value is -2.97. The zero-order valence-electron chi connectivity index (χ0n) is 17.1. The Labute approximate surface area is 183 Å². The number of thiazole rings is 1. The lowest BCUT2D eigenvalue weighted by Crippen LogP contribution is -2.21. The number of rotatable bonds is 7. The fourth-order valence-corrected chi connectivity index (χ4v) is 4.94. The minimum Gasteiger partial charge on any atom is -0.372 e. The summed E-state index contributed by atoms with van der Waals surface area (Å²) in [5, 5.41) is 17.8. The highest BCUT2D eigenvalue weighted by atomic mass is 32.1. The van der Waals surface area contributed by atoms with Gasteiger partial charge in [0.2, 0.25) is 5.13 Å². The third-order valence-electron chi connectivity index (χ3n) is 4.56. The number of fused-ring (bicyclic) bond motifs is 1. The lowest BCUT2D eigenvalue weighted by atomic mass is 10.2. The molecule has 0 fully saturated rings. The molecule has 0 amide bonds. The van der Waals surface area contributed by atoms with Gasteiger partial charge in [0, 0.05) is 23.7 Å². The van der Waals surface area contributed by atoms with Gasteiger partial charge in [0.1, 0.15) is 4.83 Å². The maximum atomic E-state index is 4.50. The average Bonchev–Trinajstić information content (AvgIpc) is 3.30. The van der Waals surface area contributed by atoms with E-state index in [1.54, 1.807) is 22.7 Å². The van der Waals surface area contributed by atoms with E-state index >= 15 is 0 Å². The summed E-state index contributed by atoms with van der Waals surface area (Å²) in [6.45, 7) is 8.37. The molecule has 2 heterocycles. The van der Waals surface area contributed by atoms with E-state index in [-0.39, 0.29) is 0 Å². The maximum Gasteiger partial charge on any atom is 0.231 e. The molecule has 0 unspecified atom stereocenters. The first kappa shape index (κ1) is 20.3. The Morgan fingerprint density at radius 3 is 1.83 bits per heavy atom. The molecule has 0 radical (unpaired) electrons. The largest absolute Gasteiger partial charge is 0.372 e. The van der Waals surface area contributed by atoms with Crippen LogP contribution in [0.15, 0.2) is 75.1 Å². The van der Waals surface area contributed by atoms with Crippen molar-refractivity contribution in [2.24, 2.45) is 20.5 Å². The summed E-state index contributed by atoms with van der Waals surface area (Å²) in [5.41, 5.74) is 3.55. The topological polar surface area (TPSA) is 65.6 Å². The van der Waals surface area contributed by atoms with Crippen molar-refractivity contribution in [1.29, 1.82) is 0 Å². The van der Waals surface area contributed by atoms with Gasteiger partial charge in [-0.05, 0) is 75.4 Å². The third kappa shape index (κ3) is 4.77. The summed E-state index contributed by atoms with van der Waals surface area (Å²) < 4.78 is 1.16. The highest BCUT2D eigenvalue weighted by Crippen LogP contribution is 2.34. The van der Waals surface area contributed by atoms with Gasteiger partial charge < -0.3 is 4.90 Å². The van der Waals surface area contributed by atoms with Crippen LogP contribution in [0.2, 0.25) is 0 Å². The molecule has 30 heavy (non-hydrogen) atoms. The number of hydrogen-bond acceptors (Lipinski definition) is 8. The first-order valence-corrected chi connectivity index (χ1v) is 11.4. The summed E-state index contributed by atoms with van der Waals surface area (Å²) >= 11 is 3.23.